The van der Waals surface area contributed by atoms with Crippen LogP contribution in [0.1, 0.15) is 18.1 Å². The number of benzene rings is 1. The lowest BCUT2D eigenvalue weighted by Crippen LogP contribution is -2.45. The highest BCUT2D eigenvalue weighted by atomic mass is 19.1. The number of nitrogens with zero attached hydrogens (tertiary/aromatic N) is 1. The summed E-state index contributed by atoms with van der Waals surface area (Å²) in [5.41, 5.74) is 0.833. The fraction of sp³-hybridized carbons (Fsp3) is 0.500. The standard InChI is InChI=1S/C14H17FN2O2/c1-10-6-17-7-13(19-10)9-18-8-11-2-3-14(15)12(4-11)5-16/h2-4,10,13,17H,6-9H2,1H3. The van der Waals surface area contributed by atoms with Gasteiger partial charge >= 0.3 is 0 Å². The summed E-state index contributed by atoms with van der Waals surface area (Å²) in [4.78, 5) is 0. The highest BCUT2D eigenvalue weighted by Crippen LogP contribution is 2.11. The van der Waals surface area contributed by atoms with Crippen LogP contribution >= 0.6 is 0 Å². The Hall–Kier alpha value is -1.48. The van der Waals surface area contributed by atoms with Gasteiger partial charge in [0.05, 0.1) is 31.0 Å². The van der Waals surface area contributed by atoms with Crippen molar-refractivity contribution in [2.45, 2.75) is 25.7 Å². The van der Waals surface area contributed by atoms with Gasteiger partial charge in [-0.15, -0.1) is 0 Å². The lowest BCUT2D eigenvalue weighted by Gasteiger charge is -2.28. The summed E-state index contributed by atoms with van der Waals surface area (Å²) in [6.45, 7) is 4.48. The summed E-state index contributed by atoms with van der Waals surface area (Å²) in [7, 11) is 0. The number of nitrogens with one attached hydrogen (secondary N) is 1. The molecule has 5 heteroatoms. The summed E-state index contributed by atoms with van der Waals surface area (Å²) in [6, 6.07) is 6.24. The van der Waals surface area contributed by atoms with Crippen molar-refractivity contribution in [3.05, 3.63) is 35.1 Å². The van der Waals surface area contributed by atoms with Gasteiger partial charge in [-0.25, -0.2) is 4.39 Å². The fourth-order valence-corrected chi connectivity index (χ4v) is 2.03. The molecule has 1 fully saturated rings. The molecular weight excluding hydrogens is 247 g/mol. The second kappa shape index (κ2) is 6.62. The number of ether oxygens (including phenoxy) is 2. The van der Waals surface area contributed by atoms with Crippen LogP contribution in [-0.4, -0.2) is 31.9 Å². The molecule has 0 bridgehead atoms. The average molecular weight is 264 g/mol. The van der Waals surface area contributed by atoms with E-state index in [2.05, 4.69) is 5.32 Å². The number of hydrogen-bond acceptors (Lipinski definition) is 4. The molecule has 1 aromatic rings. The molecule has 19 heavy (non-hydrogen) atoms. The van der Waals surface area contributed by atoms with Crippen LogP contribution in [0.15, 0.2) is 18.2 Å². The van der Waals surface area contributed by atoms with Gasteiger partial charge in [-0.1, -0.05) is 6.07 Å². The average Bonchev–Trinajstić information content (AvgIpc) is 2.41. The van der Waals surface area contributed by atoms with Crippen molar-refractivity contribution in [1.29, 1.82) is 5.26 Å². The first kappa shape index (κ1) is 13.9. The smallest absolute Gasteiger partial charge is 0.140 e. The van der Waals surface area contributed by atoms with E-state index in [0.717, 1.165) is 18.7 Å². The predicted molar refractivity (Wildman–Crippen MR) is 68.0 cm³/mol. The summed E-state index contributed by atoms with van der Waals surface area (Å²) in [6.07, 6.45) is 0.234. The van der Waals surface area contributed by atoms with Crippen molar-refractivity contribution in [2.75, 3.05) is 19.7 Å². The number of halogens is 1. The maximum absolute atomic E-state index is 13.1. The van der Waals surface area contributed by atoms with Gasteiger partial charge < -0.3 is 14.8 Å². The normalized spacial score (nSPS) is 23.0. The number of hydrogen-bond donors (Lipinski definition) is 1. The first-order valence-electron chi connectivity index (χ1n) is 6.31. The molecular formula is C14H17FN2O2. The van der Waals surface area contributed by atoms with Gasteiger partial charge in [-0.3, -0.25) is 0 Å². The second-order valence-electron chi connectivity index (χ2n) is 4.67. The Kier molecular flexibility index (Phi) is 4.86. The Morgan fingerprint density at radius 3 is 3.11 bits per heavy atom. The van der Waals surface area contributed by atoms with Crippen LogP contribution in [0, 0.1) is 17.1 Å². The molecule has 1 saturated heterocycles. The molecule has 2 atom stereocenters. The Morgan fingerprint density at radius 1 is 1.53 bits per heavy atom. The first-order chi connectivity index (χ1) is 9.19. The van der Waals surface area contributed by atoms with Gasteiger partial charge in [0.2, 0.25) is 0 Å². The lowest BCUT2D eigenvalue weighted by atomic mass is 10.1. The quantitative estimate of drug-likeness (QED) is 0.897. The van der Waals surface area contributed by atoms with Crippen LogP contribution < -0.4 is 5.32 Å². The van der Waals surface area contributed by atoms with E-state index >= 15 is 0 Å². The van der Waals surface area contributed by atoms with E-state index in [1.165, 1.54) is 12.1 Å². The first-order valence-corrected chi connectivity index (χ1v) is 6.31. The van der Waals surface area contributed by atoms with E-state index in [1.807, 2.05) is 13.0 Å². The summed E-state index contributed by atoms with van der Waals surface area (Å²) < 4.78 is 24.4. The molecule has 2 rings (SSSR count). The molecule has 0 radical (unpaired) electrons. The van der Waals surface area contributed by atoms with Crippen molar-refractivity contribution < 1.29 is 13.9 Å². The molecule has 0 saturated carbocycles. The third-order valence-electron chi connectivity index (χ3n) is 2.95. The molecule has 1 aromatic carbocycles. The van der Waals surface area contributed by atoms with Crippen LogP contribution in [0.5, 0.6) is 0 Å². The number of nitriles is 1. The monoisotopic (exact) mass is 264 g/mol. The molecule has 1 heterocycles. The third kappa shape index (κ3) is 4.00. The minimum atomic E-state index is -0.500. The summed E-state index contributed by atoms with van der Waals surface area (Å²) in [5, 5.41) is 12.0. The highest BCUT2D eigenvalue weighted by molar-refractivity contribution is 5.34. The zero-order valence-corrected chi connectivity index (χ0v) is 10.9. The zero-order chi connectivity index (χ0) is 13.7. The van der Waals surface area contributed by atoms with Gasteiger partial charge in [-0.05, 0) is 24.6 Å². The molecule has 1 aliphatic rings. The van der Waals surface area contributed by atoms with Crippen LogP contribution in [0.4, 0.5) is 4.39 Å². The molecule has 1 aliphatic heterocycles. The number of morpholine rings is 1. The zero-order valence-electron chi connectivity index (χ0n) is 10.9. The Morgan fingerprint density at radius 2 is 2.37 bits per heavy atom. The minimum Gasteiger partial charge on any atom is -0.374 e. The van der Waals surface area contributed by atoms with E-state index in [0.29, 0.717) is 13.2 Å². The van der Waals surface area contributed by atoms with Gasteiger partial charge in [0.1, 0.15) is 11.9 Å². The minimum absolute atomic E-state index is 0.0413. The maximum atomic E-state index is 13.1. The maximum Gasteiger partial charge on any atom is 0.140 e. The molecule has 1 N–H and O–H groups in total. The SMILES string of the molecule is CC1CNCC(COCc2ccc(F)c(C#N)c2)O1. The summed E-state index contributed by atoms with van der Waals surface area (Å²) in [5.74, 6) is -0.500. The largest absolute Gasteiger partial charge is 0.374 e. The molecule has 4 nitrogen and oxygen atoms in total. The lowest BCUT2D eigenvalue weighted by molar-refractivity contribution is -0.0716. The van der Waals surface area contributed by atoms with Crippen LogP contribution in [0.25, 0.3) is 0 Å². The van der Waals surface area contributed by atoms with E-state index in [4.69, 9.17) is 14.7 Å². The van der Waals surface area contributed by atoms with E-state index in [9.17, 15) is 4.39 Å². The van der Waals surface area contributed by atoms with Crippen molar-refractivity contribution in [3.63, 3.8) is 0 Å². The van der Waals surface area contributed by atoms with Gasteiger partial charge in [-0.2, -0.15) is 5.26 Å². The number of rotatable bonds is 4. The van der Waals surface area contributed by atoms with Gasteiger partial charge in [0.15, 0.2) is 0 Å². The van der Waals surface area contributed by atoms with Crippen molar-refractivity contribution in [2.24, 2.45) is 0 Å². The fourth-order valence-electron chi connectivity index (χ4n) is 2.03. The molecule has 0 aliphatic carbocycles. The van der Waals surface area contributed by atoms with E-state index in [1.54, 1.807) is 6.07 Å². The molecule has 2 unspecified atom stereocenters. The van der Waals surface area contributed by atoms with E-state index < -0.39 is 5.82 Å². The van der Waals surface area contributed by atoms with Crippen molar-refractivity contribution in [1.82, 2.24) is 5.32 Å². The molecule has 0 spiro atoms. The Bertz CT molecular complexity index is 473. The van der Waals surface area contributed by atoms with Crippen LogP contribution in [0.3, 0.4) is 0 Å². The van der Waals surface area contributed by atoms with Crippen LogP contribution in [0.2, 0.25) is 0 Å². The van der Waals surface area contributed by atoms with Gasteiger partial charge in [0, 0.05) is 13.1 Å². The topological polar surface area (TPSA) is 54.3 Å². The predicted octanol–water partition coefficient (Wildman–Crippen LogP) is 1.59. The van der Waals surface area contributed by atoms with Crippen molar-refractivity contribution in [3.8, 4) is 6.07 Å². The summed E-state index contributed by atoms with van der Waals surface area (Å²) >= 11 is 0. The highest BCUT2D eigenvalue weighted by Gasteiger charge is 2.18. The Labute approximate surface area is 112 Å². The molecule has 102 valence electrons. The Balaban J connectivity index is 1.81. The molecule has 0 aromatic heterocycles. The molecule has 0 amide bonds. The third-order valence-corrected chi connectivity index (χ3v) is 2.95. The van der Waals surface area contributed by atoms with E-state index in [-0.39, 0.29) is 17.8 Å². The van der Waals surface area contributed by atoms with Crippen molar-refractivity contribution >= 4 is 0 Å². The van der Waals surface area contributed by atoms with Gasteiger partial charge in [0.25, 0.3) is 0 Å². The van der Waals surface area contributed by atoms with Crippen LogP contribution in [-0.2, 0) is 16.1 Å². The second-order valence-corrected chi connectivity index (χ2v) is 4.67.